The average molecular weight is 353 g/mol. The van der Waals surface area contributed by atoms with Crippen LogP contribution in [0.3, 0.4) is 0 Å². The van der Waals surface area contributed by atoms with Crippen LogP contribution in [0.25, 0.3) is 0 Å². The third kappa shape index (κ3) is 4.24. The Balaban J connectivity index is 1.89. The molecule has 7 nitrogen and oxygen atoms in total. The standard InChI is InChI=1S/C16H21ClN4O3/c1-19(9-11-8-15(23)21(3)16(24)20(11)2)10-14(22)18-13-7-5-4-6-12(13)17/h4-7,11H,8-10H2,1-3H3,(H,18,22). The molecule has 1 unspecified atom stereocenters. The molecule has 1 heterocycles. The van der Waals surface area contributed by atoms with Crippen LogP contribution in [0.2, 0.25) is 5.02 Å². The number of rotatable bonds is 5. The van der Waals surface area contributed by atoms with Crippen LogP contribution in [0.15, 0.2) is 24.3 Å². The fourth-order valence-electron chi connectivity index (χ4n) is 2.58. The van der Waals surface area contributed by atoms with Crippen LogP contribution in [0.1, 0.15) is 6.42 Å². The van der Waals surface area contributed by atoms with Crippen LogP contribution in [-0.2, 0) is 9.59 Å². The number of benzene rings is 1. The molecule has 1 N–H and O–H groups in total. The molecule has 1 saturated heterocycles. The second-order valence-electron chi connectivity index (χ2n) is 5.93. The van der Waals surface area contributed by atoms with Crippen molar-refractivity contribution in [2.24, 2.45) is 0 Å². The van der Waals surface area contributed by atoms with E-state index < -0.39 is 0 Å². The lowest BCUT2D eigenvalue weighted by molar-refractivity contribution is -0.131. The van der Waals surface area contributed by atoms with Crippen molar-refractivity contribution in [1.29, 1.82) is 0 Å². The number of imide groups is 1. The zero-order chi connectivity index (χ0) is 17.9. The van der Waals surface area contributed by atoms with Gasteiger partial charge in [-0.05, 0) is 19.2 Å². The quantitative estimate of drug-likeness (QED) is 0.871. The Labute approximate surface area is 146 Å². The maximum absolute atomic E-state index is 12.1. The van der Waals surface area contributed by atoms with E-state index in [-0.39, 0.29) is 36.9 Å². The highest BCUT2D eigenvalue weighted by molar-refractivity contribution is 6.33. The molecule has 1 aromatic carbocycles. The van der Waals surface area contributed by atoms with Crippen LogP contribution in [0, 0.1) is 0 Å². The largest absolute Gasteiger partial charge is 0.326 e. The number of carbonyl (C=O) groups excluding carboxylic acids is 3. The van der Waals surface area contributed by atoms with Crippen molar-refractivity contribution in [3.63, 3.8) is 0 Å². The highest BCUT2D eigenvalue weighted by atomic mass is 35.5. The van der Waals surface area contributed by atoms with Crippen LogP contribution in [0.5, 0.6) is 0 Å². The zero-order valence-electron chi connectivity index (χ0n) is 14.0. The zero-order valence-corrected chi connectivity index (χ0v) is 14.7. The third-order valence-corrected chi connectivity index (χ3v) is 4.33. The SMILES string of the molecule is CN(CC(=O)Nc1ccccc1Cl)CC1CC(=O)N(C)C(=O)N1C. The van der Waals surface area contributed by atoms with Gasteiger partial charge in [-0.2, -0.15) is 0 Å². The van der Waals surface area contributed by atoms with E-state index >= 15 is 0 Å². The van der Waals surface area contributed by atoms with E-state index in [0.29, 0.717) is 17.3 Å². The Bertz CT molecular complexity index is 652. The number of halogens is 1. The minimum absolute atomic E-state index is 0.133. The highest BCUT2D eigenvalue weighted by Crippen LogP contribution is 2.20. The first-order valence-corrected chi connectivity index (χ1v) is 7.93. The predicted octanol–water partition coefficient (Wildman–Crippen LogP) is 1.49. The second-order valence-corrected chi connectivity index (χ2v) is 6.34. The maximum Gasteiger partial charge on any atom is 0.326 e. The number of urea groups is 1. The van der Waals surface area contributed by atoms with Crippen molar-refractivity contribution >= 4 is 35.1 Å². The summed E-state index contributed by atoms with van der Waals surface area (Å²) in [5.74, 6) is -0.421. The molecule has 24 heavy (non-hydrogen) atoms. The van der Waals surface area contributed by atoms with Gasteiger partial charge in [-0.3, -0.25) is 19.4 Å². The molecular weight excluding hydrogens is 332 g/mol. The lowest BCUT2D eigenvalue weighted by atomic mass is 10.1. The van der Waals surface area contributed by atoms with Crippen LogP contribution < -0.4 is 5.32 Å². The van der Waals surface area contributed by atoms with Gasteiger partial charge in [0, 0.05) is 27.1 Å². The van der Waals surface area contributed by atoms with Gasteiger partial charge in [0.1, 0.15) is 0 Å². The predicted molar refractivity (Wildman–Crippen MR) is 91.9 cm³/mol. The van der Waals surface area contributed by atoms with Crippen molar-refractivity contribution in [2.75, 3.05) is 39.5 Å². The molecule has 1 aliphatic rings. The Morgan fingerprint density at radius 3 is 2.67 bits per heavy atom. The molecule has 0 radical (unpaired) electrons. The van der Waals surface area contributed by atoms with Crippen molar-refractivity contribution < 1.29 is 14.4 Å². The third-order valence-electron chi connectivity index (χ3n) is 4.00. The first-order chi connectivity index (χ1) is 11.3. The number of nitrogens with zero attached hydrogens (tertiary/aromatic N) is 3. The molecule has 1 aromatic rings. The van der Waals surface area contributed by atoms with E-state index in [2.05, 4.69) is 5.32 Å². The van der Waals surface area contributed by atoms with Gasteiger partial charge in [0.25, 0.3) is 0 Å². The minimum Gasteiger partial charge on any atom is -0.324 e. The molecule has 0 bridgehead atoms. The Hall–Kier alpha value is -2.12. The molecule has 0 saturated carbocycles. The molecule has 0 aliphatic carbocycles. The summed E-state index contributed by atoms with van der Waals surface area (Å²) < 4.78 is 0. The number of hydrogen-bond donors (Lipinski definition) is 1. The van der Waals surface area contributed by atoms with Crippen LogP contribution >= 0.6 is 11.6 Å². The average Bonchev–Trinajstić information content (AvgIpc) is 2.52. The molecule has 130 valence electrons. The molecule has 1 aliphatic heterocycles. The molecule has 0 spiro atoms. The van der Waals surface area contributed by atoms with E-state index in [1.165, 1.54) is 11.9 Å². The topological polar surface area (TPSA) is 73.0 Å². The number of amides is 4. The van der Waals surface area contributed by atoms with Gasteiger partial charge >= 0.3 is 6.03 Å². The Morgan fingerprint density at radius 1 is 1.33 bits per heavy atom. The van der Waals surface area contributed by atoms with Gasteiger partial charge in [0.2, 0.25) is 11.8 Å². The van der Waals surface area contributed by atoms with Crippen LogP contribution in [-0.4, -0.2) is 72.8 Å². The number of anilines is 1. The van der Waals surface area contributed by atoms with E-state index in [0.717, 1.165) is 4.90 Å². The summed E-state index contributed by atoms with van der Waals surface area (Å²) in [6.07, 6.45) is 0.245. The summed E-state index contributed by atoms with van der Waals surface area (Å²) >= 11 is 6.01. The summed E-state index contributed by atoms with van der Waals surface area (Å²) in [7, 11) is 4.90. The number of likely N-dealkylation sites (N-methyl/N-ethyl adjacent to an activating group) is 2. The van der Waals surface area contributed by atoms with E-state index in [1.807, 2.05) is 0 Å². The number of carbonyl (C=O) groups is 3. The molecular formula is C16H21ClN4O3. The molecule has 1 atom stereocenters. The first-order valence-electron chi connectivity index (χ1n) is 7.56. The van der Waals surface area contributed by atoms with Gasteiger partial charge in [-0.25, -0.2) is 4.79 Å². The van der Waals surface area contributed by atoms with E-state index in [9.17, 15) is 14.4 Å². The molecule has 1 fully saturated rings. The summed E-state index contributed by atoms with van der Waals surface area (Å²) in [6, 6.07) is 6.42. The summed E-state index contributed by atoms with van der Waals surface area (Å²) in [6.45, 7) is 0.561. The molecule has 0 aromatic heterocycles. The summed E-state index contributed by atoms with van der Waals surface area (Å²) in [5, 5.41) is 3.22. The van der Waals surface area contributed by atoms with Gasteiger partial charge in [-0.15, -0.1) is 0 Å². The van der Waals surface area contributed by atoms with Crippen molar-refractivity contribution in [1.82, 2.24) is 14.7 Å². The molecule has 4 amide bonds. The van der Waals surface area contributed by atoms with E-state index in [4.69, 9.17) is 11.6 Å². The normalized spacial score (nSPS) is 18.3. The van der Waals surface area contributed by atoms with Gasteiger partial charge in [0.05, 0.1) is 23.3 Å². The van der Waals surface area contributed by atoms with Gasteiger partial charge < -0.3 is 10.2 Å². The van der Waals surface area contributed by atoms with Gasteiger partial charge in [-0.1, -0.05) is 23.7 Å². The Morgan fingerprint density at radius 2 is 2.00 bits per heavy atom. The van der Waals surface area contributed by atoms with Crippen molar-refractivity contribution in [2.45, 2.75) is 12.5 Å². The fourth-order valence-corrected chi connectivity index (χ4v) is 2.77. The van der Waals surface area contributed by atoms with E-state index in [1.54, 1.807) is 43.3 Å². The Kier molecular flexibility index (Phi) is 5.80. The highest BCUT2D eigenvalue weighted by Gasteiger charge is 2.34. The van der Waals surface area contributed by atoms with Crippen molar-refractivity contribution in [3.8, 4) is 0 Å². The summed E-state index contributed by atoms with van der Waals surface area (Å²) in [5.41, 5.74) is 0.555. The first kappa shape index (κ1) is 18.2. The maximum atomic E-state index is 12.1. The molecule has 8 heteroatoms. The monoisotopic (exact) mass is 352 g/mol. The molecule has 2 rings (SSSR count). The fraction of sp³-hybridized carbons (Fsp3) is 0.438. The number of nitrogens with one attached hydrogen (secondary N) is 1. The number of para-hydroxylation sites is 1. The minimum atomic E-state index is -0.329. The smallest absolute Gasteiger partial charge is 0.324 e. The lowest BCUT2D eigenvalue weighted by Gasteiger charge is -2.38. The summed E-state index contributed by atoms with van der Waals surface area (Å²) in [4.78, 5) is 40.3. The van der Waals surface area contributed by atoms with Crippen molar-refractivity contribution in [3.05, 3.63) is 29.3 Å². The lowest BCUT2D eigenvalue weighted by Crippen LogP contribution is -2.56. The van der Waals surface area contributed by atoms with Crippen LogP contribution in [0.4, 0.5) is 10.5 Å². The second kappa shape index (κ2) is 7.63. The number of hydrogen-bond acceptors (Lipinski definition) is 4. The van der Waals surface area contributed by atoms with Gasteiger partial charge in [0.15, 0.2) is 0 Å².